The van der Waals surface area contributed by atoms with Crippen LogP contribution in [0.5, 0.6) is 23.0 Å². The highest BCUT2D eigenvalue weighted by molar-refractivity contribution is 5.68. The van der Waals surface area contributed by atoms with Crippen molar-refractivity contribution in [3.63, 3.8) is 0 Å². The summed E-state index contributed by atoms with van der Waals surface area (Å²) in [7, 11) is 0. The van der Waals surface area contributed by atoms with Crippen molar-refractivity contribution in [2.45, 2.75) is 78.0 Å². The summed E-state index contributed by atoms with van der Waals surface area (Å²) in [5.74, 6) is 1.98. The molecule has 4 rings (SSSR count). The fourth-order valence-corrected chi connectivity index (χ4v) is 4.37. The average molecular weight is 515 g/mol. The Bertz CT molecular complexity index is 1040. The first-order chi connectivity index (χ1) is 17.6. The minimum Gasteiger partial charge on any atom is -0.508 e. The van der Waals surface area contributed by atoms with E-state index in [1.807, 2.05) is 39.8 Å². The summed E-state index contributed by atoms with van der Waals surface area (Å²) in [5.41, 5.74) is 1.66. The predicted molar refractivity (Wildman–Crippen MR) is 144 cm³/mol. The first-order valence-corrected chi connectivity index (χ1v) is 13.2. The molecule has 3 N–H and O–H groups in total. The quantitative estimate of drug-likeness (QED) is 0.497. The summed E-state index contributed by atoms with van der Waals surface area (Å²) < 4.78 is 16.8. The maximum atomic E-state index is 12.4. The highest BCUT2D eigenvalue weighted by Crippen LogP contribution is 2.31. The number of nitrogens with one attached hydrogen (secondary N) is 1. The number of ether oxygens (including phenoxy) is 3. The summed E-state index contributed by atoms with van der Waals surface area (Å²) in [5, 5.41) is 22.2. The number of benzene rings is 2. The van der Waals surface area contributed by atoms with Crippen LogP contribution in [0.1, 0.15) is 58.6 Å². The van der Waals surface area contributed by atoms with Gasteiger partial charge in [-0.15, -0.1) is 0 Å². The maximum absolute atomic E-state index is 12.4. The molecule has 2 aromatic carbocycles. The zero-order valence-corrected chi connectivity index (χ0v) is 22.8. The normalized spacial score (nSPS) is 18.2. The van der Waals surface area contributed by atoms with Gasteiger partial charge in [-0.2, -0.15) is 0 Å². The van der Waals surface area contributed by atoms with E-state index in [0.717, 1.165) is 37.1 Å². The molecule has 37 heavy (non-hydrogen) atoms. The highest BCUT2D eigenvalue weighted by Gasteiger charge is 2.31. The molecule has 0 radical (unpaired) electrons. The van der Waals surface area contributed by atoms with Crippen LogP contribution in [0.4, 0.5) is 4.79 Å². The first-order valence-electron chi connectivity index (χ1n) is 13.2. The Morgan fingerprint density at radius 2 is 1.57 bits per heavy atom. The van der Waals surface area contributed by atoms with Gasteiger partial charge in [0.1, 0.15) is 41.8 Å². The SMILES string of the molecule is CCCN(C(=O)OC(C)(C)C)C1COc2cc(O)ccc2C1.CCCNC1COc2cc(O)ccc2C1. The van der Waals surface area contributed by atoms with Crippen molar-refractivity contribution in [3.05, 3.63) is 47.5 Å². The van der Waals surface area contributed by atoms with Crippen molar-refractivity contribution < 1.29 is 29.2 Å². The first kappa shape index (κ1) is 28.4. The van der Waals surface area contributed by atoms with Crippen LogP contribution in [-0.2, 0) is 17.6 Å². The summed E-state index contributed by atoms with van der Waals surface area (Å²) in [4.78, 5) is 14.2. The predicted octanol–water partition coefficient (Wildman–Crippen LogP) is 5.04. The Labute approximate surface area is 220 Å². The van der Waals surface area contributed by atoms with Crippen molar-refractivity contribution >= 4 is 6.09 Å². The van der Waals surface area contributed by atoms with Gasteiger partial charge in [0.25, 0.3) is 0 Å². The number of carbonyl (C=O) groups excluding carboxylic acids is 1. The van der Waals surface area contributed by atoms with E-state index >= 15 is 0 Å². The number of fused-ring (bicyclic) bond motifs is 2. The van der Waals surface area contributed by atoms with E-state index < -0.39 is 5.60 Å². The molecule has 2 heterocycles. The van der Waals surface area contributed by atoms with Crippen LogP contribution in [0.15, 0.2) is 36.4 Å². The molecule has 0 fully saturated rings. The van der Waals surface area contributed by atoms with Gasteiger partial charge in [0.2, 0.25) is 0 Å². The minimum absolute atomic E-state index is 0.0492. The Balaban J connectivity index is 0.000000220. The number of carbonyl (C=O) groups is 1. The number of rotatable bonds is 6. The van der Waals surface area contributed by atoms with Gasteiger partial charge < -0.3 is 34.6 Å². The summed E-state index contributed by atoms with van der Waals surface area (Å²) >= 11 is 0. The zero-order chi connectivity index (χ0) is 27.0. The molecule has 0 bridgehead atoms. The van der Waals surface area contributed by atoms with Crippen molar-refractivity contribution in [1.29, 1.82) is 0 Å². The fourth-order valence-electron chi connectivity index (χ4n) is 4.37. The lowest BCUT2D eigenvalue weighted by Crippen LogP contribution is -2.48. The zero-order valence-electron chi connectivity index (χ0n) is 22.8. The summed E-state index contributed by atoms with van der Waals surface area (Å²) in [6.07, 6.45) is 3.38. The maximum Gasteiger partial charge on any atom is 0.410 e. The second-order valence-electron chi connectivity index (χ2n) is 10.6. The number of phenolic OH excluding ortho intramolecular Hbond substituents is 2. The van der Waals surface area contributed by atoms with Crippen molar-refractivity contribution in [2.75, 3.05) is 26.3 Å². The number of nitrogens with zero attached hydrogens (tertiary/aromatic N) is 1. The lowest BCUT2D eigenvalue weighted by molar-refractivity contribution is 0.00888. The van der Waals surface area contributed by atoms with Gasteiger partial charge in [-0.3, -0.25) is 0 Å². The van der Waals surface area contributed by atoms with E-state index in [1.165, 1.54) is 5.56 Å². The number of hydrogen-bond donors (Lipinski definition) is 3. The van der Waals surface area contributed by atoms with Gasteiger partial charge >= 0.3 is 6.09 Å². The van der Waals surface area contributed by atoms with Crippen LogP contribution in [0.3, 0.4) is 0 Å². The van der Waals surface area contributed by atoms with Crippen LogP contribution in [0.25, 0.3) is 0 Å². The van der Waals surface area contributed by atoms with Crippen LogP contribution in [-0.4, -0.2) is 65.2 Å². The van der Waals surface area contributed by atoms with Crippen molar-refractivity contribution in [1.82, 2.24) is 10.2 Å². The van der Waals surface area contributed by atoms with Gasteiger partial charge in [0, 0.05) is 24.7 Å². The van der Waals surface area contributed by atoms with E-state index in [9.17, 15) is 15.0 Å². The standard InChI is InChI=1S/C17H25NO4.C12H17NO2/c1-5-8-18(16(20)22-17(2,3)4)13-9-12-6-7-14(19)10-15(12)21-11-13;1-2-5-13-10-6-9-3-4-11(14)7-12(9)15-8-10/h6-7,10,13,19H,5,8-9,11H2,1-4H3;3-4,7,10,13-14H,2,5-6,8H2,1H3. The molecule has 2 aliphatic heterocycles. The Hall–Kier alpha value is -3.13. The molecule has 8 nitrogen and oxygen atoms in total. The average Bonchev–Trinajstić information content (AvgIpc) is 2.85. The topological polar surface area (TPSA) is 100 Å². The third kappa shape index (κ3) is 8.45. The Morgan fingerprint density at radius 1 is 0.973 bits per heavy atom. The number of amides is 1. The van der Waals surface area contributed by atoms with Crippen LogP contribution in [0.2, 0.25) is 0 Å². The molecule has 2 atom stereocenters. The van der Waals surface area contributed by atoms with Gasteiger partial charge in [-0.1, -0.05) is 26.0 Å². The van der Waals surface area contributed by atoms with Crippen LogP contribution >= 0.6 is 0 Å². The number of aromatic hydroxyl groups is 2. The molecule has 0 aromatic heterocycles. The second-order valence-corrected chi connectivity index (χ2v) is 10.6. The molecule has 2 unspecified atom stereocenters. The number of phenols is 2. The molecule has 204 valence electrons. The van der Waals surface area contributed by atoms with Crippen LogP contribution in [0, 0.1) is 0 Å². The molecule has 0 aliphatic carbocycles. The minimum atomic E-state index is -0.512. The lowest BCUT2D eigenvalue weighted by Gasteiger charge is -2.36. The van der Waals surface area contributed by atoms with E-state index in [4.69, 9.17) is 14.2 Å². The van der Waals surface area contributed by atoms with Crippen molar-refractivity contribution in [2.24, 2.45) is 0 Å². The van der Waals surface area contributed by atoms with E-state index in [0.29, 0.717) is 38.0 Å². The molecular weight excluding hydrogens is 472 g/mol. The molecule has 2 aromatic rings. The summed E-state index contributed by atoms with van der Waals surface area (Å²) in [6.45, 7) is 12.6. The Morgan fingerprint density at radius 3 is 2.14 bits per heavy atom. The molecule has 2 aliphatic rings. The van der Waals surface area contributed by atoms with E-state index in [1.54, 1.807) is 29.2 Å². The fraction of sp³-hybridized carbons (Fsp3) is 0.552. The molecule has 0 spiro atoms. The number of hydrogen-bond acceptors (Lipinski definition) is 7. The van der Waals surface area contributed by atoms with Crippen molar-refractivity contribution in [3.8, 4) is 23.0 Å². The Kier molecular flexibility index (Phi) is 9.92. The largest absolute Gasteiger partial charge is 0.508 e. The summed E-state index contributed by atoms with van der Waals surface area (Å²) in [6, 6.07) is 10.8. The molecule has 0 saturated heterocycles. The molecule has 8 heteroatoms. The molecule has 1 amide bonds. The van der Waals surface area contributed by atoms with E-state index in [2.05, 4.69) is 12.2 Å². The smallest absolute Gasteiger partial charge is 0.410 e. The molecular formula is C29H42N2O6. The van der Waals surface area contributed by atoms with Gasteiger partial charge in [0.05, 0.1) is 6.04 Å². The van der Waals surface area contributed by atoms with Gasteiger partial charge in [-0.05, 0) is 76.3 Å². The molecule has 0 saturated carbocycles. The lowest BCUT2D eigenvalue weighted by atomic mass is 10.0. The monoisotopic (exact) mass is 514 g/mol. The third-order valence-corrected chi connectivity index (χ3v) is 6.11. The third-order valence-electron chi connectivity index (χ3n) is 6.11. The second kappa shape index (κ2) is 12.9. The van der Waals surface area contributed by atoms with Gasteiger partial charge in [-0.25, -0.2) is 4.79 Å². The van der Waals surface area contributed by atoms with Crippen LogP contribution < -0.4 is 14.8 Å². The van der Waals surface area contributed by atoms with Gasteiger partial charge in [0.15, 0.2) is 0 Å². The van der Waals surface area contributed by atoms with E-state index in [-0.39, 0.29) is 23.6 Å². The highest BCUT2D eigenvalue weighted by atomic mass is 16.6.